The number of halogens is 2. The van der Waals surface area contributed by atoms with Crippen LogP contribution < -0.4 is 14.4 Å². The molecule has 3 rings (SSSR count). The number of hydrogen-bond donors (Lipinski definition) is 0. The van der Waals surface area contributed by atoms with Crippen molar-refractivity contribution in [2.24, 2.45) is 4.99 Å². The molecule has 27 heavy (non-hydrogen) atoms. The number of thioether (sulfide) groups is 1. The Balaban J connectivity index is 2.04. The fraction of sp³-hybridized carbons (Fsp3) is 0.158. The van der Waals surface area contributed by atoms with Gasteiger partial charge in [0.05, 0.1) is 24.9 Å². The Morgan fingerprint density at radius 2 is 2.00 bits per heavy atom. The van der Waals surface area contributed by atoms with Crippen molar-refractivity contribution in [3.8, 4) is 11.5 Å². The van der Waals surface area contributed by atoms with E-state index in [4.69, 9.17) is 21.1 Å². The van der Waals surface area contributed by atoms with Gasteiger partial charge in [0.25, 0.3) is 5.91 Å². The van der Waals surface area contributed by atoms with Crippen molar-refractivity contribution in [1.82, 2.24) is 0 Å². The molecule has 0 atom stereocenters. The Bertz CT molecular complexity index is 962. The molecule has 0 unspecified atom stereocenters. The number of hydrogen-bond acceptors (Lipinski definition) is 5. The zero-order chi connectivity index (χ0) is 19.6. The van der Waals surface area contributed by atoms with Gasteiger partial charge < -0.3 is 9.47 Å². The van der Waals surface area contributed by atoms with Crippen LogP contribution in [0.5, 0.6) is 11.5 Å². The maximum atomic E-state index is 13.5. The minimum atomic E-state index is -0.549. The first-order chi connectivity index (χ1) is 13.0. The third kappa shape index (κ3) is 3.65. The van der Waals surface area contributed by atoms with Crippen LogP contribution in [-0.4, -0.2) is 31.6 Å². The lowest BCUT2D eigenvalue weighted by Crippen LogP contribution is -2.30. The normalized spacial score (nSPS) is 15.3. The number of rotatable bonds is 4. The summed E-state index contributed by atoms with van der Waals surface area (Å²) in [5.74, 6) is 0.163. The molecule has 0 radical (unpaired) electrons. The van der Waals surface area contributed by atoms with Crippen molar-refractivity contribution in [3.05, 3.63) is 58.5 Å². The van der Waals surface area contributed by atoms with Gasteiger partial charge >= 0.3 is 0 Å². The van der Waals surface area contributed by atoms with Crippen molar-refractivity contribution in [2.75, 3.05) is 25.4 Å². The van der Waals surface area contributed by atoms with Crippen LogP contribution in [0.3, 0.4) is 0 Å². The van der Waals surface area contributed by atoms with Crippen LogP contribution in [0, 0.1) is 5.82 Å². The second-order valence-corrected chi connectivity index (χ2v) is 6.63. The smallest absolute Gasteiger partial charge is 0.283 e. The molecule has 2 aromatic rings. The van der Waals surface area contributed by atoms with E-state index < -0.39 is 5.82 Å². The molecular weight excluding hydrogens is 391 g/mol. The zero-order valence-corrected chi connectivity index (χ0v) is 16.4. The molecule has 0 fully saturated rings. The third-order valence-corrected chi connectivity index (χ3v) is 4.83. The summed E-state index contributed by atoms with van der Waals surface area (Å²) in [6, 6.07) is 9.46. The summed E-state index contributed by atoms with van der Waals surface area (Å²) in [5, 5.41) is 0.406. The minimum Gasteiger partial charge on any atom is -0.493 e. The van der Waals surface area contributed by atoms with Gasteiger partial charge in [-0.25, -0.2) is 9.38 Å². The molecular formula is C19H16ClFN2O3S. The van der Waals surface area contributed by atoms with E-state index in [2.05, 4.69) is 4.99 Å². The predicted molar refractivity (Wildman–Crippen MR) is 107 cm³/mol. The molecule has 0 saturated carbocycles. The summed E-state index contributed by atoms with van der Waals surface area (Å²) < 4.78 is 24.2. The summed E-state index contributed by atoms with van der Waals surface area (Å²) >= 11 is 7.17. The van der Waals surface area contributed by atoms with Gasteiger partial charge in [0.15, 0.2) is 16.7 Å². The van der Waals surface area contributed by atoms with E-state index >= 15 is 0 Å². The summed E-state index contributed by atoms with van der Waals surface area (Å²) in [5.41, 5.74) is 1.33. The van der Waals surface area contributed by atoms with Gasteiger partial charge in [-0.15, -0.1) is 0 Å². The molecule has 1 aliphatic rings. The van der Waals surface area contributed by atoms with Crippen molar-refractivity contribution < 1.29 is 18.7 Å². The number of para-hydroxylation sites is 1. The first kappa shape index (κ1) is 19.3. The van der Waals surface area contributed by atoms with Crippen LogP contribution in [0.15, 0.2) is 47.1 Å². The number of aliphatic imine (C=N–C) groups is 1. The molecule has 1 amide bonds. The maximum Gasteiger partial charge on any atom is 0.283 e. The lowest BCUT2D eigenvalue weighted by molar-refractivity contribution is -0.113. The largest absolute Gasteiger partial charge is 0.493 e. The predicted octanol–water partition coefficient (Wildman–Crippen LogP) is 4.60. The highest BCUT2D eigenvalue weighted by molar-refractivity contribution is 8.13. The van der Waals surface area contributed by atoms with E-state index in [0.29, 0.717) is 27.9 Å². The van der Waals surface area contributed by atoms with E-state index in [1.165, 1.54) is 42.0 Å². The highest BCUT2D eigenvalue weighted by Crippen LogP contribution is 2.35. The van der Waals surface area contributed by atoms with E-state index in [0.717, 1.165) is 0 Å². The highest BCUT2D eigenvalue weighted by Gasteiger charge is 2.32. The van der Waals surface area contributed by atoms with Crippen LogP contribution >= 0.6 is 23.4 Å². The number of amidine groups is 1. The number of nitrogens with zero attached hydrogens (tertiary/aromatic N) is 2. The Kier molecular flexibility index (Phi) is 5.72. The summed E-state index contributed by atoms with van der Waals surface area (Å²) in [6.45, 7) is 0. The number of carbonyl (C=O) groups excluding carboxylic acids is 1. The van der Waals surface area contributed by atoms with Gasteiger partial charge in [-0.3, -0.25) is 9.69 Å². The molecule has 1 aliphatic heterocycles. The monoisotopic (exact) mass is 406 g/mol. The lowest BCUT2D eigenvalue weighted by Gasteiger charge is -2.17. The van der Waals surface area contributed by atoms with E-state index in [-0.39, 0.29) is 16.6 Å². The van der Waals surface area contributed by atoms with Crippen LogP contribution in [0.25, 0.3) is 6.08 Å². The number of ether oxygens (including phenoxy) is 2. The number of anilines is 1. The van der Waals surface area contributed by atoms with Gasteiger partial charge in [-0.1, -0.05) is 35.5 Å². The fourth-order valence-corrected chi connectivity index (χ4v) is 3.39. The number of carbonyl (C=O) groups is 1. The molecule has 2 aromatic carbocycles. The highest BCUT2D eigenvalue weighted by atomic mass is 35.5. The number of benzene rings is 2. The van der Waals surface area contributed by atoms with Gasteiger partial charge in [0.1, 0.15) is 11.5 Å². The number of amides is 1. The first-order valence-electron chi connectivity index (χ1n) is 7.85. The number of methoxy groups -OCH3 is 2. The average molecular weight is 407 g/mol. The molecule has 0 spiro atoms. The van der Waals surface area contributed by atoms with Crippen molar-refractivity contribution in [3.63, 3.8) is 0 Å². The summed E-state index contributed by atoms with van der Waals surface area (Å²) in [6.07, 6.45) is 3.43. The van der Waals surface area contributed by atoms with Gasteiger partial charge in [-0.05, 0) is 36.6 Å². The molecule has 8 heteroatoms. The average Bonchev–Trinajstić information content (AvgIpc) is 2.99. The molecule has 1 heterocycles. The SMILES string of the molecule is COc1cccc(/C=C2/N=C(SC)N(c3ccc(F)c(Cl)c3)C2=O)c1OC. The molecule has 0 bridgehead atoms. The molecule has 5 nitrogen and oxygen atoms in total. The molecule has 0 aromatic heterocycles. The summed E-state index contributed by atoms with van der Waals surface area (Å²) in [7, 11) is 3.07. The van der Waals surface area contributed by atoms with Crippen LogP contribution in [0.1, 0.15) is 5.56 Å². The second kappa shape index (κ2) is 8.02. The lowest BCUT2D eigenvalue weighted by atomic mass is 10.1. The second-order valence-electron chi connectivity index (χ2n) is 5.45. The molecule has 0 aliphatic carbocycles. The van der Waals surface area contributed by atoms with Gasteiger partial charge in [0.2, 0.25) is 0 Å². The summed E-state index contributed by atoms with van der Waals surface area (Å²) in [4.78, 5) is 18.8. The van der Waals surface area contributed by atoms with Crippen molar-refractivity contribution in [2.45, 2.75) is 0 Å². The quantitative estimate of drug-likeness (QED) is 0.696. The van der Waals surface area contributed by atoms with E-state index in [1.54, 1.807) is 37.6 Å². The van der Waals surface area contributed by atoms with Crippen LogP contribution in [0.4, 0.5) is 10.1 Å². The Morgan fingerprint density at radius 3 is 2.63 bits per heavy atom. The molecule has 0 N–H and O–H groups in total. The topological polar surface area (TPSA) is 51.1 Å². The van der Waals surface area contributed by atoms with Gasteiger partial charge in [0, 0.05) is 5.56 Å². The van der Waals surface area contributed by atoms with Gasteiger partial charge in [-0.2, -0.15) is 0 Å². The zero-order valence-electron chi connectivity index (χ0n) is 14.8. The van der Waals surface area contributed by atoms with E-state index in [1.807, 2.05) is 0 Å². The Hall–Kier alpha value is -2.51. The van der Waals surface area contributed by atoms with Crippen molar-refractivity contribution >= 4 is 46.2 Å². The standard InChI is InChI=1S/C19H16ClFN2O3S/c1-25-16-6-4-5-11(17(16)26-2)9-15-18(24)23(19(22-15)27-3)12-7-8-14(21)13(20)10-12/h4-10H,1-3H3/b15-9+. The van der Waals surface area contributed by atoms with E-state index in [9.17, 15) is 9.18 Å². The van der Waals surface area contributed by atoms with Crippen molar-refractivity contribution in [1.29, 1.82) is 0 Å². The minimum absolute atomic E-state index is 0.0624. The fourth-order valence-electron chi connectivity index (χ4n) is 2.66. The molecule has 140 valence electrons. The van der Waals surface area contributed by atoms with Crippen LogP contribution in [-0.2, 0) is 4.79 Å². The third-order valence-electron chi connectivity index (χ3n) is 3.90. The maximum absolute atomic E-state index is 13.5. The Morgan fingerprint density at radius 1 is 1.22 bits per heavy atom. The Labute approximate surface area is 165 Å². The first-order valence-corrected chi connectivity index (χ1v) is 9.45. The van der Waals surface area contributed by atoms with Crippen LogP contribution in [0.2, 0.25) is 5.02 Å². The molecule has 0 saturated heterocycles.